The lowest BCUT2D eigenvalue weighted by atomic mass is 10.0. The number of amides is 1. The van der Waals surface area contributed by atoms with Crippen LogP contribution >= 0.6 is 11.8 Å². The van der Waals surface area contributed by atoms with E-state index in [9.17, 15) is 34.7 Å². The van der Waals surface area contributed by atoms with Crippen LogP contribution in [0.15, 0.2) is 18.2 Å². The molecule has 4 N–H and O–H groups in total. The normalized spacial score (nSPS) is 13.4. The van der Waals surface area contributed by atoms with Gasteiger partial charge >= 0.3 is 5.97 Å². The number of hydrogen-bond acceptors (Lipinski definition) is 11. The third-order valence-electron chi connectivity index (χ3n) is 5.06. The van der Waals surface area contributed by atoms with E-state index in [4.69, 9.17) is 4.74 Å². The molecule has 2 atom stereocenters. The molecule has 1 amide bonds. The first-order valence-corrected chi connectivity index (χ1v) is 12.5. The second-order valence-corrected chi connectivity index (χ2v) is 11.7. The lowest BCUT2D eigenvalue weighted by Gasteiger charge is -2.31. The van der Waals surface area contributed by atoms with Crippen molar-refractivity contribution in [3.63, 3.8) is 0 Å². The van der Waals surface area contributed by atoms with Gasteiger partial charge in [0.1, 0.15) is 18.4 Å². The number of phenols is 1. The van der Waals surface area contributed by atoms with E-state index < -0.39 is 33.9 Å². The third kappa shape index (κ3) is 12.3. The lowest BCUT2D eigenvalue weighted by Crippen LogP contribution is -2.53. The van der Waals surface area contributed by atoms with Gasteiger partial charge in [-0.1, -0.05) is 17.8 Å². The number of carbonyl (C=O) groups excluding carboxylic acids is 3. The predicted octanol–water partition coefficient (Wildman–Crippen LogP) is 2.39. The second-order valence-electron chi connectivity index (χ2n) is 10.0. The minimum Gasteiger partial charge on any atom is -0.508 e. The number of phenolic OH excluding ortho intramolecular Hbond substituents is 1. The average Bonchev–Trinajstić information content (AvgIpc) is 2.76. The van der Waals surface area contributed by atoms with E-state index in [0.717, 1.165) is 11.8 Å². The third-order valence-corrected chi connectivity index (χ3v) is 6.25. The Morgan fingerprint density at radius 1 is 1.19 bits per heavy atom. The zero-order valence-corrected chi connectivity index (χ0v) is 22.8. The fourth-order valence-electron chi connectivity index (χ4n) is 3.16. The summed E-state index contributed by atoms with van der Waals surface area (Å²) in [5.41, 5.74) is 0.570. The minimum atomic E-state index is -1.21. The Labute approximate surface area is 220 Å². The van der Waals surface area contributed by atoms with Crippen LogP contribution in [0.25, 0.3) is 0 Å². The van der Waals surface area contributed by atoms with Gasteiger partial charge in [0.2, 0.25) is 5.91 Å². The van der Waals surface area contributed by atoms with Crippen molar-refractivity contribution in [1.29, 1.82) is 0 Å². The van der Waals surface area contributed by atoms with Crippen molar-refractivity contribution in [3.05, 3.63) is 39.4 Å². The van der Waals surface area contributed by atoms with E-state index in [1.807, 2.05) is 20.8 Å². The van der Waals surface area contributed by atoms with Gasteiger partial charge in [0, 0.05) is 35.7 Å². The van der Waals surface area contributed by atoms with Crippen molar-refractivity contribution in [3.8, 4) is 5.75 Å². The van der Waals surface area contributed by atoms with Crippen LogP contribution < -0.4 is 10.6 Å². The first-order valence-electron chi connectivity index (χ1n) is 11.7. The molecule has 0 aliphatic carbocycles. The molecule has 0 aliphatic rings. The predicted molar refractivity (Wildman–Crippen MR) is 137 cm³/mol. The number of carbonyl (C=O) groups is 3. The Kier molecular flexibility index (Phi) is 12.3. The highest BCUT2D eigenvalue weighted by Gasteiger charge is 2.39. The van der Waals surface area contributed by atoms with Crippen LogP contribution in [0, 0.1) is 10.1 Å². The number of nitrogens with zero attached hydrogens (tertiary/aromatic N) is 1. The van der Waals surface area contributed by atoms with Gasteiger partial charge < -0.3 is 30.4 Å². The molecule has 0 spiro atoms. The van der Waals surface area contributed by atoms with Crippen LogP contribution in [0.3, 0.4) is 0 Å². The molecule has 2 unspecified atom stereocenters. The van der Waals surface area contributed by atoms with E-state index in [1.165, 1.54) is 19.1 Å². The summed E-state index contributed by atoms with van der Waals surface area (Å²) < 4.78 is 4.26. The standard InChI is InChI=1S/C24H37N3O9S/c1-15(28)26-21(24(5,6)37-20(31)8-7-11-36-27(33)34)22(32)35-14-17-12-16(9-10-18(17)29)19(30)13-25-23(2,3)4/h9-10,12,19,21,25,29-30H,7-8,11,13-14H2,1-6H3,(H,26,28). The van der Waals surface area contributed by atoms with Crippen LogP contribution in [-0.4, -0.2) is 61.8 Å². The number of nitrogens with one attached hydrogen (secondary N) is 2. The summed E-state index contributed by atoms with van der Waals surface area (Å²) in [5, 5.41) is 35.3. The highest BCUT2D eigenvalue weighted by Crippen LogP contribution is 2.32. The molecular weight excluding hydrogens is 506 g/mol. The number of aromatic hydroxyl groups is 1. The number of ether oxygens (including phenoxy) is 1. The van der Waals surface area contributed by atoms with E-state index in [0.29, 0.717) is 5.56 Å². The molecule has 0 bridgehead atoms. The SMILES string of the molecule is CC(=O)NC(C(=O)OCc1cc(C(O)CNC(C)(C)C)ccc1O)C(C)(C)SC(=O)CCCO[N+](=O)[O-]. The summed E-state index contributed by atoms with van der Waals surface area (Å²) in [6, 6.07) is 3.28. The van der Waals surface area contributed by atoms with Gasteiger partial charge in [-0.25, -0.2) is 4.79 Å². The van der Waals surface area contributed by atoms with Gasteiger partial charge in [-0.15, -0.1) is 10.1 Å². The summed E-state index contributed by atoms with van der Waals surface area (Å²) in [5.74, 6) is -1.47. The Balaban J connectivity index is 2.88. The van der Waals surface area contributed by atoms with Gasteiger partial charge in [0.15, 0.2) is 5.12 Å². The smallest absolute Gasteiger partial charge is 0.330 e. The molecule has 0 radical (unpaired) electrons. The quantitative estimate of drug-likeness (QED) is 0.117. The van der Waals surface area contributed by atoms with Crippen molar-refractivity contribution in [2.45, 2.75) is 83.4 Å². The number of rotatable bonds is 14. The largest absolute Gasteiger partial charge is 0.508 e. The number of aliphatic hydroxyl groups excluding tert-OH is 1. The van der Waals surface area contributed by atoms with Gasteiger partial charge in [-0.2, -0.15) is 0 Å². The maximum atomic E-state index is 13.0. The first kappa shape index (κ1) is 32.1. The van der Waals surface area contributed by atoms with Crippen molar-refractivity contribution in [2.24, 2.45) is 0 Å². The maximum Gasteiger partial charge on any atom is 0.330 e. The summed E-state index contributed by atoms with van der Waals surface area (Å²) in [6.07, 6.45) is -0.777. The molecule has 1 rings (SSSR count). The van der Waals surface area contributed by atoms with E-state index in [1.54, 1.807) is 19.9 Å². The average molecular weight is 544 g/mol. The van der Waals surface area contributed by atoms with Crippen molar-refractivity contribution in [1.82, 2.24) is 10.6 Å². The van der Waals surface area contributed by atoms with Crippen molar-refractivity contribution in [2.75, 3.05) is 13.2 Å². The van der Waals surface area contributed by atoms with Gasteiger partial charge in [-0.3, -0.25) is 9.59 Å². The summed E-state index contributed by atoms with van der Waals surface area (Å²) in [7, 11) is 0. The van der Waals surface area contributed by atoms with Gasteiger partial charge in [0.05, 0.1) is 12.7 Å². The highest BCUT2D eigenvalue weighted by molar-refractivity contribution is 8.14. The molecule has 0 aliphatic heterocycles. The van der Waals surface area contributed by atoms with E-state index >= 15 is 0 Å². The molecule has 208 valence electrons. The summed E-state index contributed by atoms with van der Waals surface area (Å²) in [6.45, 7) is 9.99. The molecular formula is C24H37N3O9S. The summed E-state index contributed by atoms with van der Waals surface area (Å²) in [4.78, 5) is 51.5. The Bertz CT molecular complexity index is 963. The fraction of sp³-hybridized carbons (Fsp3) is 0.625. The van der Waals surface area contributed by atoms with E-state index in [2.05, 4.69) is 15.5 Å². The minimum absolute atomic E-state index is 0.0309. The molecule has 13 heteroatoms. The number of hydrogen-bond donors (Lipinski definition) is 4. The zero-order chi connectivity index (χ0) is 28.4. The molecule has 0 heterocycles. The fourth-order valence-corrected chi connectivity index (χ4v) is 4.27. The van der Waals surface area contributed by atoms with Crippen molar-refractivity contribution >= 4 is 28.8 Å². The second kappa shape index (κ2) is 14.1. The Hall–Kier alpha value is -2.90. The number of benzene rings is 1. The molecule has 0 saturated heterocycles. The lowest BCUT2D eigenvalue weighted by molar-refractivity contribution is -0.757. The molecule has 0 fully saturated rings. The number of β-amino-alcohol motifs (C(OH)–C–C–N with tert-alkyl or cyclic N) is 1. The molecule has 37 heavy (non-hydrogen) atoms. The number of aliphatic hydroxyl groups is 1. The van der Waals surface area contributed by atoms with Crippen LogP contribution in [-0.2, 0) is 30.6 Å². The Morgan fingerprint density at radius 2 is 1.84 bits per heavy atom. The zero-order valence-electron chi connectivity index (χ0n) is 22.0. The summed E-state index contributed by atoms with van der Waals surface area (Å²) >= 11 is 0.808. The van der Waals surface area contributed by atoms with E-state index in [-0.39, 0.29) is 54.6 Å². The maximum absolute atomic E-state index is 13.0. The van der Waals surface area contributed by atoms with Gasteiger partial charge in [0.25, 0.3) is 5.09 Å². The van der Waals surface area contributed by atoms with Crippen LogP contribution in [0.2, 0.25) is 0 Å². The molecule has 12 nitrogen and oxygen atoms in total. The van der Waals surface area contributed by atoms with Crippen LogP contribution in [0.5, 0.6) is 5.75 Å². The number of thioether (sulfide) groups is 1. The molecule has 0 aromatic heterocycles. The monoisotopic (exact) mass is 543 g/mol. The van der Waals surface area contributed by atoms with Gasteiger partial charge in [-0.05, 0) is 58.7 Å². The molecule has 1 aromatic rings. The Morgan fingerprint density at radius 3 is 2.41 bits per heavy atom. The number of esters is 1. The van der Waals surface area contributed by atoms with Crippen LogP contribution in [0.1, 0.15) is 71.6 Å². The first-order chi connectivity index (χ1) is 17.0. The molecule has 1 aromatic carbocycles. The topological polar surface area (TPSA) is 177 Å². The molecule has 0 saturated carbocycles. The highest BCUT2D eigenvalue weighted by atomic mass is 32.2. The van der Waals surface area contributed by atoms with Crippen LogP contribution in [0.4, 0.5) is 0 Å². The van der Waals surface area contributed by atoms with Crippen molar-refractivity contribution < 1.29 is 39.3 Å².